The molecule has 0 bridgehead atoms. The fourth-order valence-corrected chi connectivity index (χ4v) is 3.30. The van der Waals surface area contributed by atoms with Crippen LogP contribution in [0.5, 0.6) is 5.75 Å². The standard InChI is InChI=1S/C22H18F3N3O3/c23-22(24,25)31-16-10-8-14(9-11-16)19(13-6-7-13)28-21(30)17-12-18(29)27-20(26-17)15-4-2-1-3-5-15/h1-5,8-13,19H,6-7H2,(H,28,30)(H,26,27,29). The van der Waals surface area contributed by atoms with Crippen LogP contribution in [-0.2, 0) is 0 Å². The third-order valence-corrected chi connectivity index (χ3v) is 4.87. The molecule has 1 aromatic heterocycles. The number of halogens is 3. The molecule has 1 aliphatic carbocycles. The second-order valence-electron chi connectivity index (χ2n) is 7.25. The van der Waals surface area contributed by atoms with Crippen LogP contribution in [0.3, 0.4) is 0 Å². The summed E-state index contributed by atoms with van der Waals surface area (Å²) in [5, 5.41) is 2.87. The highest BCUT2D eigenvalue weighted by Crippen LogP contribution is 2.41. The molecule has 3 aromatic rings. The zero-order valence-electron chi connectivity index (χ0n) is 16.1. The summed E-state index contributed by atoms with van der Waals surface area (Å²) in [5.41, 5.74) is 0.813. The number of aromatic nitrogens is 2. The van der Waals surface area contributed by atoms with Crippen molar-refractivity contribution in [3.05, 3.63) is 82.3 Å². The number of hydrogen-bond donors (Lipinski definition) is 2. The summed E-state index contributed by atoms with van der Waals surface area (Å²) < 4.78 is 41.0. The first-order valence-corrected chi connectivity index (χ1v) is 9.62. The average molecular weight is 429 g/mol. The number of rotatable bonds is 6. The predicted octanol–water partition coefficient (Wildman–Crippen LogP) is 4.22. The van der Waals surface area contributed by atoms with Gasteiger partial charge >= 0.3 is 6.36 Å². The van der Waals surface area contributed by atoms with Gasteiger partial charge in [0.25, 0.3) is 11.5 Å². The van der Waals surface area contributed by atoms with Crippen molar-refractivity contribution in [1.29, 1.82) is 0 Å². The molecule has 160 valence electrons. The molecular formula is C22H18F3N3O3. The second-order valence-corrected chi connectivity index (χ2v) is 7.25. The number of carbonyl (C=O) groups excluding carboxylic acids is 1. The number of ether oxygens (including phenoxy) is 1. The van der Waals surface area contributed by atoms with E-state index in [4.69, 9.17) is 0 Å². The minimum atomic E-state index is -4.77. The van der Waals surface area contributed by atoms with Gasteiger partial charge in [-0.3, -0.25) is 9.59 Å². The quantitative estimate of drug-likeness (QED) is 0.615. The monoisotopic (exact) mass is 429 g/mol. The first kappa shape index (κ1) is 20.6. The number of aromatic amines is 1. The summed E-state index contributed by atoms with van der Waals surface area (Å²) in [6.07, 6.45) is -3.01. The molecule has 9 heteroatoms. The first-order chi connectivity index (χ1) is 14.8. The molecule has 0 radical (unpaired) electrons. The van der Waals surface area contributed by atoms with Crippen LogP contribution in [0.4, 0.5) is 13.2 Å². The predicted molar refractivity (Wildman–Crippen MR) is 106 cm³/mol. The first-order valence-electron chi connectivity index (χ1n) is 9.62. The van der Waals surface area contributed by atoms with E-state index in [-0.39, 0.29) is 23.2 Å². The lowest BCUT2D eigenvalue weighted by Gasteiger charge is -2.19. The van der Waals surface area contributed by atoms with Gasteiger partial charge < -0.3 is 15.0 Å². The Morgan fingerprint density at radius 1 is 1.10 bits per heavy atom. The lowest BCUT2D eigenvalue weighted by atomic mass is 10.0. The Morgan fingerprint density at radius 3 is 2.39 bits per heavy atom. The summed E-state index contributed by atoms with van der Waals surface area (Å²) in [6.45, 7) is 0. The average Bonchev–Trinajstić information content (AvgIpc) is 3.57. The third-order valence-electron chi connectivity index (χ3n) is 4.87. The Labute approximate surface area is 175 Å². The van der Waals surface area contributed by atoms with Gasteiger partial charge in [0.05, 0.1) is 6.04 Å². The topological polar surface area (TPSA) is 84.1 Å². The van der Waals surface area contributed by atoms with Gasteiger partial charge in [0.15, 0.2) is 0 Å². The molecule has 0 saturated heterocycles. The molecule has 6 nitrogen and oxygen atoms in total. The zero-order valence-corrected chi connectivity index (χ0v) is 16.1. The molecule has 0 spiro atoms. The van der Waals surface area contributed by atoms with Gasteiger partial charge in [0.2, 0.25) is 0 Å². The van der Waals surface area contributed by atoms with E-state index in [2.05, 4.69) is 20.0 Å². The van der Waals surface area contributed by atoms with Gasteiger partial charge in [-0.1, -0.05) is 42.5 Å². The van der Waals surface area contributed by atoms with Gasteiger partial charge in [-0.25, -0.2) is 4.98 Å². The van der Waals surface area contributed by atoms with E-state index in [0.717, 1.165) is 18.9 Å². The van der Waals surface area contributed by atoms with Gasteiger partial charge in [-0.2, -0.15) is 0 Å². The summed E-state index contributed by atoms with van der Waals surface area (Å²) in [4.78, 5) is 31.8. The van der Waals surface area contributed by atoms with Crippen molar-refractivity contribution in [2.45, 2.75) is 25.2 Å². The molecular weight excluding hydrogens is 411 g/mol. The summed E-state index contributed by atoms with van der Waals surface area (Å²) in [5.74, 6) is -0.430. The molecule has 2 N–H and O–H groups in total. The third kappa shape index (κ3) is 5.30. The minimum Gasteiger partial charge on any atom is -0.406 e. The Bertz CT molecular complexity index is 1120. The molecule has 2 aromatic carbocycles. The van der Waals surface area contributed by atoms with E-state index in [9.17, 15) is 22.8 Å². The van der Waals surface area contributed by atoms with Gasteiger partial charge in [0, 0.05) is 11.6 Å². The SMILES string of the molecule is O=C(NC(c1ccc(OC(F)(F)F)cc1)C1CC1)c1cc(=O)[nH]c(-c2ccccc2)n1. The lowest BCUT2D eigenvalue weighted by Crippen LogP contribution is -2.31. The zero-order chi connectivity index (χ0) is 22.0. The Kier molecular flexibility index (Phi) is 5.50. The number of nitrogens with one attached hydrogen (secondary N) is 2. The highest BCUT2D eigenvalue weighted by atomic mass is 19.4. The van der Waals surface area contributed by atoms with Crippen molar-refractivity contribution in [3.63, 3.8) is 0 Å². The molecule has 1 amide bonds. The van der Waals surface area contributed by atoms with Crippen molar-refractivity contribution in [1.82, 2.24) is 15.3 Å². The number of nitrogens with zero attached hydrogens (tertiary/aromatic N) is 1. The maximum atomic E-state index is 12.9. The van der Waals surface area contributed by atoms with E-state index in [1.807, 2.05) is 6.07 Å². The molecule has 1 unspecified atom stereocenters. The van der Waals surface area contributed by atoms with Gasteiger partial charge in [-0.15, -0.1) is 13.2 Å². The number of hydrogen-bond acceptors (Lipinski definition) is 4. The highest BCUT2D eigenvalue weighted by Gasteiger charge is 2.35. The Balaban J connectivity index is 1.55. The molecule has 1 fully saturated rings. The smallest absolute Gasteiger partial charge is 0.406 e. The number of amides is 1. The van der Waals surface area contributed by atoms with Gasteiger partial charge in [-0.05, 0) is 36.5 Å². The highest BCUT2D eigenvalue weighted by molar-refractivity contribution is 5.92. The van der Waals surface area contributed by atoms with Crippen molar-refractivity contribution in [2.75, 3.05) is 0 Å². The van der Waals surface area contributed by atoms with Crippen molar-refractivity contribution in [3.8, 4) is 17.1 Å². The Hall–Kier alpha value is -3.62. The second kappa shape index (κ2) is 8.25. The van der Waals surface area contributed by atoms with E-state index in [1.165, 1.54) is 24.3 Å². The summed E-state index contributed by atoms with van der Waals surface area (Å²) in [6, 6.07) is 15.0. The largest absolute Gasteiger partial charge is 0.573 e. The summed E-state index contributed by atoms with van der Waals surface area (Å²) >= 11 is 0. The van der Waals surface area contributed by atoms with Crippen LogP contribution < -0.4 is 15.6 Å². The number of H-pyrrole nitrogens is 1. The van der Waals surface area contributed by atoms with Crippen LogP contribution in [-0.4, -0.2) is 22.2 Å². The number of carbonyl (C=O) groups is 1. The number of alkyl halides is 3. The maximum Gasteiger partial charge on any atom is 0.573 e. The lowest BCUT2D eigenvalue weighted by molar-refractivity contribution is -0.274. The van der Waals surface area contributed by atoms with Gasteiger partial charge in [0.1, 0.15) is 17.3 Å². The fraction of sp³-hybridized carbons (Fsp3) is 0.227. The molecule has 1 heterocycles. The van der Waals surface area contributed by atoms with E-state index in [0.29, 0.717) is 11.1 Å². The van der Waals surface area contributed by atoms with E-state index >= 15 is 0 Å². The maximum absolute atomic E-state index is 12.9. The van der Waals surface area contributed by atoms with E-state index < -0.39 is 23.9 Å². The van der Waals surface area contributed by atoms with Crippen LogP contribution in [0.2, 0.25) is 0 Å². The normalized spacial score (nSPS) is 14.7. The van der Waals surface area contributed by atoms with Crippen molar-refractivity contribution in [2.24, 2.45) is 5.92 Å². The fourth-order valence-electron chi connectivity index (χ4n) is 3.30. The van der Waals surface area contributed by atoms with Crippen molar-refractivity contribution >= 4 is 5.91 Å². The molecule has 1 saturated carbocycles. The van der Waals surface area contributed by atoms with Crippen molar-refractivity contribution < 1.29 is 22.7 Å². The molecule has 1 atom stereocenters. The van der Waals surface area contributed by atoms with Crippen LogP contribution in [0, 0.1) is 5.92 Å². The minimum absolute atomic E-state index is 0.0368. The number of benzene rings is 2. The van der Waals surface area contributed by atoms with Crippen LogP contribution >= 0.6 is 0 Å². The Morgan fingerprint density at radius 2 is 1.77 bits per heavy atom. The summed E-state index contributed by atoms with van der Waals surface area (Å²) in [7, 11) is 0. The van der Waals surface area contributed by atoms with Crippen LogP contribution in [0.25, 0.3) is 11.4 Å². The molecule has 31 heavy (non-hydrogen) atoms. The molecule has 0 aliphatic heterocycles. The molecule has 1 aliphatic rings. The molecule has 4 rings (SSSR count). The van der Waals surface area contributed by atoms with E-state index in [1.54, 1.807) is 24.3 Å². The van der Waals surface area contributed by atoms with Crippen LogP contribution in [0.1, 0.15) is 34.9 Å². The van der Waals surface area contributed by atoms with Crippen LogP contribution in [0.15, 0.2) is 65.5 Å².